The summed E-state index contributed by atoms with van der Waals surface area (Å²) >= 11 is 12.0. The van der Waals surface area contributed by atoms with Crippen molar-refractivity contribution in [2.45, 2.75) is 36.6 Å². The van der Waals surface area contributed by atoms with E-state index in [1.54, 1.807) is 4.90 Å². The normalized spacial score (nSPS) is 20.5. The highest BCUT2D eigenvalue weighted by Crippen LogP contribution is 2.32. The highest BCUT2D eigenvalue weighted by atomic mass is 35.5. The average molecular weight is 432 g/mol. The first-order valence-corrected chi connectivity index (χ1v) is 10.7. The Kier molecular flexibility index (Phi) is 5.98. The Labute approximate surface area is 168 Å². The van der Waals surface area contributed by atoms with Crippen LogP contribution in [0.4, 0.5) is 0 Å². The van der Waals surface area contributed by atoms with Crippen molar-refractivity contribution in [3.05, 3.63) is 40.6 Å². The summed E-state index contributed by atoms with van der Waals surface area (Å²) in [6, 6.07) is 3.05. The van der Waals surface area contributed by atoms with Gasteiger partial charge in [0.2, 0.25) is 11.8 Å². The third-order valence-electron chi connectivity index (χ3n) is 4.61. The van der Waals surface area contributed by atoms with Gasteiger partial charge in [0.1, 0.15) is 10.9 Å². The third-order valence-corrected chi connectivity index (χ3v) is 7.36. The van der Waals surface area contributed by atoms with Gasteiger partial charge in [-0.2, -0.15) is 0 Å². The number of likely N-dealkylation sites (tertiary alicyclic amines) is 1. The van der Waals surface area contributed by atoms with Crippen LogP contribution in [0.1, 0.15) is 25.7 Å². The van der Waals surface area contributed by atoms with Crippen molar-refractivity contribution in [3.63, 3.8) is 0 Å². The molecule has 2 aliphatic heterocycles. The molecule has 1 fully saturated rings. The van der Waals surface area contributed by atoms with Crippen LogP contribution >= 0.6 is 23.2 Å². The molecule has 3 rings (SSSR count). The minimum absolute atomic E-state index is 0.0872. The van der Waals surface area contributed by atoms with Gasteiger partial charge in [-0.3, -0.25) is 13.9 Å². The van der Waals surface area contributed by atoms with Crippen LogP contribution in [0.3, 0.4) is 0 Å². The lowest BCUT2D eigenvalue weighted by atomic mass is 10.1. The van der Waals surface area contributed by atoms with Crippen molar-refractivity contribution in [1.82, 2.24) is 14.5 Å². The molecule has 0 bridgehead atoms. The van der Waals surface area contributed by atoms with E-state index >= 15 is 0 Å². The number of carbonyl (C=O) groups is 2. The maximum absolute atomic E-state index is 13.1. The molecule has 0 aliphatic carbocycles. The lowest BCUT2D eigenvalue weighted by molar-refractivity contribution is -0.136. The SMILES string of the molecule is O=C1NC=CN(S(=O)(=O)c2cccc(Cl)c2Cl)[C@@H]1CC(=O)N1CCCCC1. The van der Waals surface area contributed by atoms with E-state index in [1.807, 2.05) is 0 Å². The summed E-state index contributed by atoms with van der Waals surface area (Å²) in [7, 11) is -4.18. The summed E-state index contributed by atoms with van der Waals surface area (Å²) in [6.07, 6.45) is 5.07. The van der Waals surface area contributed by atoms with Gasteiger partial charge in [-0.15, -0.1) is 0 Å². The zero-order valence-corrected chi connectivity index (χ0v) is 16.7. The number of hydrogen-bond acceptors (Lipinski definition) is 4. The second kappa shape index (κ2) is 8.08. The van der Waals surface area contributed by atoms with E-state index in [-0.39, 0.29) is 27.3 Å². The van der Waals surface area contributed by atoms with E-state index in [0.717, 1.165) is 23.6 Å². The van der Waals surface area contributed by atoms with Gasteiger partial charge in [0.15, 0.2) is 0 Å². The summed E-state index contributed by atoms with van der Waals surface area (Å²) in [5.74, 6) is -0.813. The summed E-state index contributed by atoms with van der Waals surface area (Å²) in [6.45, 7) is 1.24. The van der Waals surface area contributed by atoms with Crippen LogP contribution in [0, 0.1) is 0 Å². The van der Waals surface area contributed by atoms with Crippen LogP contribution in [0.5, 0.6) is 0 Å². The molecule has 146 valence electrons. The first-order valence-electron chi connectivity index (χ1n) is 8.55. The van der Waals surface area contributed by atoms with Crippen molar-refractivity contribution < 1.29 is 18.0 Å². The Balaban J connectivity index is 1.90. The molecule has 0 radical (unpaired) electrons. The largest absolute Gasteiger partial charge is 0.343 e. The van der Waals surface area contributed by atoms with Crippen molar-refractivity contribution in [3.8, 4) is 0 Å². The predicted molar refractivity (Wildman–Crippen MR) is 102 cm³/mol. The first kappa shape index (κ1) is 20.0. The van der Waals surface area contributed by atoms with Crippen LogP contribution in [-0.2, 0) is 19.6 Å². The van der Waals surface area contributed by atoms with E-state index in [0.29, 0.717) is 13.1 Å². The van der Waals surface area contributed by atoms with Gasteiger partial charge < -0.3 is 10.2 Å². The molecule has 1 aromatic rings. The summed E-state index contributed by atoms with van der Waals surface area (Å²) < 4.78 is 27.1. The molecular weight excluding hydrogens is 413 g/mol. The predicted octanol–water partition coefficient (Wildman–Crippen LogP) is 2.36. The van der Waals surface area contributed by atoms with Gasteiger partial charge in [-0.1, -0.05) is 29.3 Å². The van der Waals surface area contributed by atoms with Crippen LogP contribution in [0.25, 0.3) is 0 Å². The zero-order chi connectivity index (χ0) is 19.6. The van der Waals surface area contributed by atoms with Crippen LogP contribution in [-0.4, -0.2) is 48.6 Å². The number of nitrogens with one attached hydrogen (secondary N) is 1. The van der Waals surface area contributed by atoms with E-state index in [2.05, 4.69) is 5.32 Å². The molecule has 0 aromatic heterocycles. The van der Waals surface area contributed by atoms with Gasteiger partial charge in [0.05, 0.1) is 16.5 Å². The molecule has 27 heavy (non-hydrogen) atoms. The highest BCUT2D eigenvalue weighted by Gasteiger charge is 2.38. The third kappa shape index (κ3) is 4.07. The molecule has 2 amide bonds. The molecule has 2 heterocycles. The fourth-order valence-corrected chi connectivity index (χ4v) is 5.36. The van der Waals surface area contributed by atoms with Crippen LogP contribution in [0.15, 0.2) is 35.5 Å². The molecule has 7 nitrogen and oxygen atoms in total. The van der Waals surface area contributed by atoms with Crippen molar-refractivity contribution >= 4 is 45.0 Å². The molecule has 1 N–H and O–H groups in total. The van der Waals surface area contributed by atoms with Crippen molar-refractivity contribution in [2.75, 3.05) is 13.1 Å². The molecule has 1 saturated heterocycles. The molecule has 0 saturated carbocycles. The number of piperidine rings is 1. The van der Waals surface area contributed by atoms with Crippen LogP contribution < -0.4 is 5.32 Å². The summed E-state index contributed by atoms with van der Waals surface area (Å²) in [5, 5.41) is 2.43. The highest BCUT2D eigenvalue weighted by molar-refractivity contribution is 7.89. The number of nitrogens with zero attached hydrogens (tertiary/aromatic N) is 2. The Morgan fingerprint density at radius 1 is 1.19 bits per heavy atom. The van der Waals surface area contributed by atoms with Gasteiger partial charge in [-0.05, 0) is 31.4 Å². The lowest BCUT2D eigenvalue weighted by Gasteiger charge is -2.33. The number of benzene rings is 1. The monoisotopic (exact) mass is 431 g/mol. The Morgan fingerprint density at radius 2 is 1.89 bits per heavy atom. The Morgan fingerprint density at radius 3 is 2.59 bits per heavy atom. The van der Waals surface area contributed by atoms with E-state index < -0.39 is 22.0 Å². The standard InChI is InChI=1S/C17H19Cl2N3O4S/c18-12-5-4-6-14(16(12)19)27(25,26)22-10-7-20-17(24)13(22)11-15(23)21-8-2-1-3-9-21/h4-7,10,13H,1-3,8-9,11H2,(H,20,24)/t13-/m1/s1. The van der Waals surface area contributed by atoms with E-state index in [4.69, 9.17) is 23.2 Å². The Bertz CT molecular complexity index is 882. The minimum Gasteiger partial charge on any atom is -0.343 e. The number of carbonyl (C=O) groups excluding carboxylic acids is 2. The summed E-state index contributed by atoms with van der Waals surface area (Å²) in [5.41, 5.74) is 0. The zero-order valence-electron chi connectivity index (χ0n) is 14.4. The molecule has 0 spiro atoms. The van der Waals surface area contributed by atoms with Gasteiger partial charge in [0.25, 0.3) is 10.0 Å². The second-order valence-electron chi connectivity index (χ2n) is 6.37. The van der Waals surface area contributed by atoms with E-state index in [9.17, 15) is 18.0 Å². The fourth-order valence-electron chi connectivity index (χ4n) is 3.17. The maximum Gasteiger partial charge on any atom is 0.266 e. The molecule has 10 heteroatoms. The molecular formula is C17H19Cl2N3O4S. The number of sulfonamides is 1. The summed E-state index contributed by atoms with van der Waals surface area (Å²) in [4.78, 5) is 26.4. The lowest BCUT2D eigenvalue weighted by Crippen LogP contribution is -2.51. The minimum atomic E-state index is -4.18. The van der Waals surface area contributed by atoms with Crippen LogP contribution in [0.2, 0.25) is 10.0 Å². The van der Waals surface area contributed by atoms with E-state index in [1.165, 1.54) is 30.6 Å². The molecule has 0 unspecified atom stereocenters. The maximum atomic E-state index is 13.1. The topological polar surface area (TPSA) is 86.8 Å². The number of rotatable bonds is 4. The smallest absolute Gasteiger partial charge is 0.266 e. The molecule has 2 aliphatic rings. The average Bonchev–Trinajstić information content (AvgIpc) is 2.66. The number of halogens is 2. The number of hydrogen-bond donors (Lipinski definition) is 1. The van der Waals surface area contributed by atoms with Gasteiger partial charge >= 0.3 is 0 Å². The fraction of sp³-hybridized carbons (Fsp3) is 0.412. The molecule has 1 atom stereocenters. The first-order chi connectivity index (χ1) is 12.8. The van der Waals surface area contributed by atoms with Crippen molar-refractivity contribution in [1.29, 1.82) is 0 Å². The second-order valence-corrected chi connectivity index (χ2v) is 8.97. The van der Waals surface area contributed by atoms with Gasteiger partial charge in [0, 0.05) is 25.5 Å². The van der Waals surface area contributed by atoms with Gasteiger partial charge in [-0.25, -0.2) is 8.42 Å². The Hall–Kier alpha value is -1.77. The molecule has 1 aromatic carbocycles. The number of amides is 2. The van der Waals surface area contributed by atoms with Crippen molar-refractivity contribution in [2.24, 2.45) is 0 Å². The quantitative estimate of drug-likeness (QED) is 0.792.